The van der Waals surface area contributed by atoms with Crippen molar-refractivity contribution in [2.45, 2.75) is 19.4 Å². The van der Waals surface area contributed by atoms with Crippen LogP contribution in [-0.2, 0) is 16.1 Å². The first-order valence-electron chi connectivity index (χ1n) is 9.03. The van der Waals surface area contributed by atoms with E-state index in [9.17, 15) is 19.2 Å². The van der Waals surface area contributed by atoms with E-state index in [4.69, 9.17) is 4.74 Å². The van der Waals surface area contributed by atoms with E-state index in [0.29, 0.717) is 29.7 Å². The molecule has 2 aliphatic rings. The number of fused-ring (bicyclic) bond motifs is 1. The Hall–Kier alpha value is -3.48. The number of nitrogens with zero attached hydrogens (tertiary/aromatic N) is 2. The van der Waals surface area contributed by atoms with Crippen LogP contribution in [0.15, 0.2) is 48.5 Å². The Morgan fingerprint density at radius 2 is 1.57 bits per heavy atom. The number of carbonyl (C=O) groups is 4. The molecule has 3 amide bonds. The van der Waals surface area contributed by atoms with Crippen molar-refractivity contribution < 1.29 is 23.9 Å². The number of ether oxygens (including phenoxy) is 1. The molecule has 1 saturated heterocycles. The lowest BCUT2D eigenvalue weighted by Crippen LogP contribution is -2.33. The van der Waals surface area contributed by atoms with Gasteiger partial charge in [-0.15, -0.1) is 0 Å². The summed E-state index contributed by atoms with van der Waals surface area (Å²) in [7, 11) is 0. The summed E-state index contributed by atoms with van der Waals surface area (Å²) in [5.41, 5.74) is 1.86. The van der Waals surface area contributed by atoms with Crippen molar-refractivity contribution in [3.05, 3.63) is 70.8 Å². The molecular weight excluding hydrogens is 360 g/mol. The highest BCUT2D eigenvalue weighted by molar-refractivity contribution is 6.21. The molecule has 2 heterocycles. The van der Waals surface area contributed by atoms with Crippen LogP contribution in [-0.4, -0.2) is 46.8 Å². The van der Waals surface area contributed by atoms with Gasteiger partial charge in [0.15, 0.2) is 6.73 Å². The van der Waals surface area contributed by atoms with E-state index in [-0.39, 0.29) is 5.91 Å². The molecule has 0 spiro atoms. The predicted molar refractivity (Wildman–Crippen MR) is 98.3 cm³/mol. The maximum Gasteiger partial charge on any atom is 0.339 e. The summed E-state index contributed by atoms with van der Waals surface area (Å²) in [5.74, 6) is -1.43. The van der Waals surface area contributed by atoms with E-state index >= 15 is 0 Å². The van der Waals surface area contributed by atoms with Gasteiger partial charge in [-0.2, -0.15) is 0 Å². The molecule has 0 saturated carbocycles. The van der Waals surface area contributed by atoms with Crippen molar-refractivity contribution in [3.8, 4) is 0 Å². The second-order valence-corrected chi connectivity index (χ2v) is 6.76. The average molecular weight is 378 g/mol. The van der Waals surface area contributed by atoms with Gasteiger partial charge in [0.1, 0.15) is 0 Å². The fraction of sp³-hybridized carbons (Fsp3) is 0.238. The molecular formula is C21H18N2O5. The lowest BCUT2D eigenvalue weighted by Gasteiger charge is -2.16. The second-order valence-electron chi connectivity index (χ2n) is 6.76. The van der Waals surface area contributed by atoms with Crippen LogP contribution >= 0.6 is 0 Å². The molecule has 1 fully saturated rings. The Bertz CT molecular complexity index is 932. The maximum absolute atomic E-state index is 12.3. The number of benzene rings is 2. The number of amides is 3. The molecule has 28 heavy (non-hydrogen) atoms. The number of carbonyl (C=O) groups excluding carboxylic acids is 4. The highest BCUT2D eigenvalue weighted by Crippen LogP contribution is 2.22. The summed E-state index contributed by atoms with van der Waals surface area (Å²) in [4.78, 5) is 51.2. The van der Waals surface area contributed by atoms with Crippen molar-refractivity contribution in [2.75, 3.05) is 13.3 Å². The van der Waals surface area contributed by atoms with Crippen molar-refractivity contribution in [1.29, 1.82) is 0 Å². The molecule has 4 rings (SSSR count). The Morgan fingerprint density at radius 3 is 2.14 bits per heavy atom. The minimum atomic E-state index is -0.625. The first kappa shape index (κ1) is 17.9. The van der Waals surface area contributed by atoms with Crippen LogP contribution in [0.2, 0.25) is 0 Å². The van der Waals surface area contributed by atoms with Gasteiger partial charge in [0.2, 0.25) is 5.91 Å². The molecule has 7 nitrogen and oxygen atoms in total. The second kappa shape index (κ2) is 7.26. The normalized spacial score (nSPS) is 15.9. The number of likely N-dealkylation sites (tertiary alicyclic amines) is 1. The smallest absolute Gasteiger partial charge is 0.339 e. The van der Waals surface area contributed by atoms with E-state index in [1.807, 2.05) is 0 Å². The summed E-state index contributed by atoms with van der Waals surface area (Å²) >= 11 is 0. The molecule has 2 aromatic rings. The SMILES string of the molecule is O=C(OCN1C(=O)c2ccccc2C1=O)c1ccc(CN2CCCC2=O)cc1. The van der Waals surface area contributed by atoms with Gasteiger partial charge in [-0.3, -0.25) is 14.4 Å². The van der Waals surface area contributed by atoms with E-state index in [0.717, 1.165) is 23.4 Å². The number of rotatable bonds is 5. The van der Waals surface area contributed by atoms with Crippen LogP contribution in [0.4, 0.5) is 0 Å². The zero-order valence-corrected chi connectivity index (χ0v) is 15.1. The number of esters is 1. The third-order valence-electron chi connectivity index (χ3n) is 4.94. The fourth-order valence-corrected chi connectivity index (χ4v) is 3.40. The van der Waals surface area contributed by atoms with Crippen LogP contribution in [0.3, 0.4) is 0 Å². The average Bonchev–Trinajstić information content (AvgIpc) is 3.22. The van der Waals surface area contributed by atoms with Crippen LogP contribution in [0, 0.1) is 0 Å². The Balaban J connectivity index is 1.36. The quantitative estimate of drug-likeness (QED) is 0.588. The molecule has 0 N–H and O–H groups in total. The molecule has 0 radical (unpaired) electrons. The number of imide groups is 1. The first-order chi connectivity index (χ1) is 13.5. The third kappa shape index (κ3) is 3.26. The van der Waals surface area contributed by atoms with E-state index in [1.54, 1.807) is 53.4 Å². The predicted octanol–water partition coefficient (Wildman–Crippen LogP) is 2.22. The summed E-state index contributed by atoms with van der Waals surface area (Å²) in [6, 6.07) is 13.3. The molecule has 2 aliphatic heterocycles. The van der Waals surface area contributed by atoms with Gasteiger partial charge in [0.05, 0.1) is 16.7 Å². The van der Waals surface area contributed by atoms with E-state index < -0.39 is 24.5 Å². The van der Waals surface area contributed by atoms with Gasteiger partial charge in [-0.05, 0) is 36.2 Å². The minimum Gasteiger partial charge on any atom is -0.440 e. The lowest BCUT2D eigenvalue weighted by molar-refractivity contribution is -0.128. The Labute approximate surface area is 161 Å². The van der Waals surface area contributed by atoms with E-state index in [1.165, 1.54) is 0 Å². The number of hydrogen-bond acceptors (Lipinski definition) is 5. The van der Waals surface area contributed by atoms with Crippen LogP contribution in [0.25, 0.3) is 0 Å². The maximum atomic E-state index is 12.3. The summed E-state index contributed by atoms with van der Waals surface area (Å²) < 4.78 is 5.16. The Kier molecular flexibility index (Phi) is 4.65. The highest BCUT2D eigenvalue weighted by Gasteiger charge is 2.35. The largest absolute Gasteiger partial charge is 0.440 e. The molecule has 142 valence electrons. The molecule has 2 aromatic carbocycles. The fourth-order valence-electron chi connectivity index (χ4n) is 3.40. The van der Waals surface area contributed by atoms with Gasteiger partial charge in [-0.25, -0.2) is 9.69 Å². The molecule has 0 bridgehead atoms. The van der Waals surface area contributed by atoms with Crippen molar-refractivity contribution in [2.24, 2.45) is 0 Å². The molecule has 0 atom stereocenters. The van der Waals surface area contributed by atoms with Crippen molar-refractivity contribution in [1.82, 2.24) is 9.80 Å². The van der Waals surface area contributed by atoms with Gasteiger partial charge in [-0.1, -0.05) is 24.3 Å². The third-order valence-corrected chi connectivity index (χ3v) is 4.94. The summed E-state index contributed by atoms with van der Waals surface area (Å²) in [6.07, 6.45) is 1.46. The van der Waals surface area contributed by atoms with Crippen LogP contribution in [0.5, 0.6) is 0 Å². The van der Waals surface area contributed by atoms with Crippen molar-refractivity contribution >= 4 is 23.7 Å². The monoisotopic (exact) mass is 378 g/mol. The summed E-state index contributed by atoms with van der Waals surface area (Å²) in [6.45, 7) is 0.835. The van der Waals surface area contributed by atoms with E-state index in [2.05, 4.69) is 0 Å². The number of hydrogen-bond donors (Lipinski definition) is 0. The molecule has 0 aromatic heterocycles. The first-order valence-corrected chi connectivity index (χ1v) is 9.03. The van der Waals surface area contributed by atoms with Crippen LogP contribution in [0.1, 0.15) is 49.5 Å². The Morgan fingerprint density at radius 1 is 0.929 bits per heavy atom. The minimum absolute atomic E-state index is 0.143. The highest BCUT2D eigenvalue weighted by atomic mass is 16.5. The molecule has 0 unspecified atom stereocenters. The van der Waals surface area contributed by atoms with Gasteiger partial charge in [0, 0.05) is 19.5 Å². The lowest BCUT2D eigenvalue weighted by atomic mass is 10.1. The molecule has 7 heteroatoms. The topological polar surface area (TPSA) is 84.0 Å². The van der Waals surface area contributed by atoms with Gasteiger partial charge in [0.25, 0.3) is 11.8 Å². The standard InChI is InChI=1S/C21H18N2O5/c24-18-6-3-11-22(18)12-14-7-9-15(10-8-14)21(27)28-13-23-19(25)16-4-1-2-5-17(16)20(23)26/h1-2,4-5,7-10H,3,6,11-13H2. The zero-order chi connectivity index (χ0) is 19.7. The van der Waals surface area contributed by atoms with Gasteiger partial charge < -0.3 is 9.64 Å². The molecule has 0 aliphatic carbocycles. The summed E-state index contributed by atoms with van der Waals surface area (Å²) in [5, 5.41) is 0. The zero-order valence-electron chi connectivity index (χ0n) is 15.1. The van der Waals surface area contributed by atoms with Gasteiger partial charge >= 0.3 is 5.97 Å². The van der Waals surface area contributed by atoms with Crippen LogP contribution < -0.4 is 0 Å². The van der Waals surface area contributed by atoms with Crippen molar-refractivity contribution in [3.63, 3.8) is 0 Å².